The number of rotatable bonds is 5. The molecule has 3 aliphatic rings. The third kappa shape index (κ3) is 4.79. The van der Waals surface area contributed by atoms with E-state index in [1.807, 2.05) is 29.2 Å². The molecule has 0 radical (unpaired) electrons. The lowest BCUT2D eigenvalue weighted by atomic mass is 9.71. The number of carbonyl (C=O) groups is 2. The highest BCUT2D eigenvalue weighted by molar-refractivity contribution is 5.82. The molecule has 0 bridgehead atoms. The van der Waals surface area contributed by atoms with Crippen LogP contribution in [0.4, 0.5) is 0 Å². The van der Waals surface area contributed by atoms with E-state index in [0.717, 1.165) is 25.7 Å². The number of piperazine rings is 1. The minimum Gasteiger partial charge on any atom is -0.485 e. The van der Waals surface area contributed by atoms with Crippen molar-refractivity contribution in [3.63, 3.8) is 0 Å². The van der Waals surface area contributed by atoms with E-state index in [9.17, 15) is 9.59 Å². The van der Waals surface area contributed by atoms with Gasteiger partial charge >= 0.3 is 0 Å². The van der Waals surface area contributed by atoms with Crippen LogP contribution in [0.25, 0.3) is 0 Å². The Hall–Kier alpha value is -3.17. The Morgan fingerprint density at radius 2 is 1.73 bits per heavy atom. The molecular weight excluding hydrogens is 424 g/mol. The molecule has 1 saturated carbocycles. The molecule has 0 spiro atoms. The van der Waals surface area contributed by atoms with E-state index in [4.69, 9.17) is 9.47 Å². The second-order valence-corrected chi connectivity index (χ2v) is 9.32. The lowest BCUT2D eigenvalue weighted by Crippen LogP contribution is -2.55. The van der Waals surface area contributed by atoms with Crippen LogP contribution in [-0.4, -0.2) is 80.7 Å². The van der Waals surface area contributed by atoms with Crippen molar-refractivity contribution in [2.24, 2.45) is 5.41 Å². The lowest BCUT2D eigenvalue weighted by Gasteiger charge is -2.40. The van der Waals surface area contributed by atoms with Gasteiger partial charge < -0.3 is 19.3 Å². The first-order chi connectivity index (χ1) is 16.1. The number of hydrogen-bond acceptors (Lipinski definition) is 7. The number of aromatic nitrogens is 4. The predicted octanol–water partition coefficient (Wildman–Crippen LogP) is 1.52. The Labute approximate surface area is 192 Å². The quantitative estimate of drug-likeness (QED) is 0.675. The van der Waals surface area contributed by atoms with E-state index in [-0.39, 0.29) is 23.8 Å². The molecule has 10 heteroatoms. The van der Waals surface area contributed by atoms with Gasteiger partial charge in [0.1, 0.15) is 12.9 Å². The number of carbonyl (C=O) groups excluding carboxylic acids is 2. The summed E-state index contributed by atoms with van der Waals surface area (Å²) < 4.78 is 13.3. The molecule has 33 heavy (non-hydrogen) atoms. The number of tetrazole rings is 1. The summed E-state index contributed by atoms with van der Waals surface area (Å²) in [6.45, 7) is 2.96. The van der Waals surface area contributed by atoms with Crippen LogP contribution < -0.4 is 9.47 Å². The average molecular weight is 455 g/mol. The minimum absolute atomic E-state index is 0.0842. The molecule has 1 unspecified atom stereocenters. The van der Waals surface area contributed by atoms with Gasteiger partial charge in [0, 0.05) is 32.6 Å². The van der Waals surface area contributed by atoms with E-state index in [2.05, 4.69) is 15.5 Å². The molecule has 3 heterocycles. The van der Waals surface area contributed by atoms with Crippen molar-refractivity contribution in [3.8, 4) is 11.5 Å². The van der Waals surface area contributed by atoms with Crippen LogP contribution in [0, 0.1) is 5.41 Å². The van der Waals surface area contributed by atoms with Gasteiger partial charge in [-0.25, -0.2) is 4.68 Å². The van der Waals surface area contributed by atoms with Crippen LogP contribution in [0.1, 0.15) is 38.5 Å². The van der Waals surface area contributed by atoms with Gasteiger partial charge in [-0.3, -0.25) is 9.59 Å². The van der Waals surface area contributed by atoms with Gasteiger partial charge in [-0.05, 0) is 40.8 Å². The molecule has 5 rings (SSSR count). The Morgan fingerprint density at radius 3 is 2.45 bits per heavy atom. The highest BCUT2D eigenvalue weighted by Crippen LogP contribution is 2.41. The van der Waals surface area contributed by atoms with Crippen molar-refractivity contribution >= 4 is 11.8 Å². The van der Waals surface area contributed by atoms with Crippen LogP contribution in [0.3, 0.4) is 0 Å². The van der Waals surface area contributed by atoms with E-state index < -0.39 is 6.10 Å². The minimum atomic E-state index is -0.649. The van der Waals surface area contributed by atoms with Gasteiger partial charge in [-0.1, -0.05) is 31.4 Å². The lowest BCUT2D eigenvalue weighted by molar-refractivity contribution is -0.147. The summed E-state index contributed by atoms with van der Waals surface area (Å²) in [4.78, 5) is 29.9. The standard InChI is InChI=1S/C23H30N6O4/c30-21(14-23(8-4-1-5-9-23)16-29-17-24-25-26-29)27-10-12-28(13-11-27)22(31)20-15-32-18-6-2-3-7-19(18)33-20/h2-3,6-7,17,20H,1,4-5,8-16H2. The molecular formula is C23H30N6O4. The third-order valence-electron chi connectivity index (χ3n) is 7.06. The monoisotopic (exact) mass is 454 g/mol. The van der Waals surface area contributed by atoms with Gasteiger partial charge in [0.15, 0.2) is 11.5 Å². The predicted molar refractivity (Wildman–Crippen MR) is 117 cm³/mol. The van der Waals surface area contributed by atoms with Crippen LogP contribution in [0.5, 0.6) is 11.5 Å². The van der Waals surface area contributed by atoms with Crippen molar-refractivity contribution < 1.29 is 19.1 Å². The maximum absolute atomic E-state index is 13.2. The van der Waals surface area contributed by atoms with Crippen LogP contribution in [0.15, 0.2) is 30.6 Å². The second kappa shape index (κ2) is 9.36. The van der Waals surface area contributed by atoms with Crippen LogP contribution in [0.2, 0.25) is 0 Å². The summed E-state index contributed by atoms with van der Waals surface area (Å²) >= 11 is 0. The SMILES string of the molecule is O=C(CC1(Cn2cnnn2)CCCCC1)N1CCN(C(=O)C2COc3ccccc3O2)CC1. The zero-order chi connectivity index (χ0) is 22.7. The summed E-state index contributed by atoms with van der Waals surface area (Å²) in [5, 5.41) is 11.5. The third-order valence-corrected chi connectivity index (χ3v) is 7.06. The summed E-state index contributed by atoms with van der Waals surface area (Å²) in [5.41, 5.74) is -0.0989. The molecule has 1 atom stereocenters. The number of fused-ring (bicyclic) bond motifs is 1. The van der Waals surface area contributed by atoms with E-state index in [0.29, 0.717) is 50.6 Å². The number of ether oxygens (including phenoxy) is 2. The molecule has 10 nitrogen and oxygen atoms in total. The molecule has 1 aromatic carbocycles. The van der Waals surface area contributed by atoms with Gasteiger partial charge in [-0.15, -0.1) is 5.10 Å². The maximum atomic E-state index is 13.2. The summed E-state index contributed by atoms with van der Waals surface area (Å²) in [5.74, 6) is 1.33. The van der Waals surface area contributed by atoms with Gasteiger partial charge in [0.2, 0.25) is 12.0 Å². The normalized spacial score (nSPS) is 22.1. The molecule has 1 aliphatic carbocycles. The van der Waals surface area contributed by atoms with Gasteiger partial charge in [0.25, 0.3) is 5.91 Å². The fourth-order valence-corrected chi connectivity index (χ4v) is 5.24. The Bertz CT molecular complexity index is 967. The number of benzene rings is 1. The number of para-hydroxylation sites is 2. The van der Waals surface area contributed by atoms with Crippen LogP contribution >= 0.6 is 0 Å². The Kier molecular flexibility index (Phi) is 6.15. The highest BCUT2D eigenvalue weighted by atomic mass is 16.6. The molecule has 1 saturated heterocycles. The first-order valence-electron chi connectivity index (χ1n) is 11.8. The second-order valence-electron chi connectivity index (χ2n) is 9.32. The highest BCUT2D eigenvalue weighted by Gasteiger charge is 2.38. The first kappa shape index (κ1) is 21.7. The van der Waals surface area contributed by atoms with E-state index in [1.54, 1.807) is 15.9 Å². The zero-order valence-electron chi connectivity index (χ0n) is 18.8. The van der Waals surface area contributed by atoms with E-state index in [1.165, 1.54) is 6.42 Å². The Balaban J connectivity index is 1.16. The topological polar surface area (TPSA) is 103 Å². The van der Waals surface area contributed by atoms with Crippen molar-refractivity contribution in [2.75, 3.05) is 32.8 Å². The summed E-state index contributed by atoms with van der Waals surface area (Å²) in [6, 6.07) is 7.37. The molecule has 2 fully saturated rings. The average Bonchev–Trinajstić information content (AvgIpc) is 3.36. The number of nitrogens with zero attached hydrogens (tertiary/aromatic N) is 6. The van der Waals surface area contributed by atoms with Crippen molar-refractivity contribution in [2.45, 2.75) is 51.2 Å². The number of amides is 2. The summed E-state index contributed by atoms with van der Waals surface area (Å²) in [7, 11) is 0. The fraction of sp³-hybridized carbons (Fsp3) is 0.609. The molecule has 176 valence electrons. The molecule has 1 aromatic heterocycles. The fourth-order valence-electron chi connectivity index (χ4n) is 5.24. The van der Waals surface area contributed by atoms with Crippen molar-refractivity contribution in [3.05, 3.63) is 30.6 Å². The molecule has 2 aliphatic heterocycles. The number of hydrogen-bond donors (Lipinski definition) is 0. The Morgan fingerprint density at radius 1 is 1.00 bits per heavy atom. The zero-order valence-corrected chi connectivity index (χ0v) is 18.8. The summed E-state index contributed by atoms with van der Waals surface area (Å²) in [6.07, 6.45) is 6.97. The largest absolute Gasteiger partial charge is 0.485 e. The van der Waals surface area contributed by atoms with Crippen molar-refractivity contribution in [1.29, 1.82) is 0 Å². The molecule has 2 aromatic rings. The molecule has 0 N–H and O–H groups in total. The van der Waals surface area contributed by atoms with Crippen LogP contribution in [-0.2, 0) is 16.1 Å². The van der Waals surface area contributed by atoms with Gasteiger partial charge in [0.05, 0.1) is 6.54 Å². The first-order valence-corrected chi connectivity index (χ1v) is 11.8. The van der Waals surface area contributed by atoms with Crippen molar-refractivity contribution in [1.82, 2.24) is 30.0 Å². The van der Waals surface area contributed by atoms with Gasteiger partial charge in [-0.2, -0.15) is 0 Å². The van der Waals surface area contributed by atoms with E-state index >= 15 is 0 Å². The molecule has 2 amide bonds. The smallest absolute Gasteiger partial charge is 0.267 e. The maximum Gasteiger partial charge on any atom is 0.267 e.